The van der Waals surface area contributed by atoms with Crippen molar-refractivity contribution in [2.24, 2.45) is 0 Å². The van der Waals surface area contributed by atoms with Gasteiger partial charge in [0.05, 0.1) is 12.1 Å². The molecule has 1 aliphatic heterocycles. The van der Waals surface area contributed by atoms with Crippen LogP contribution in [-0.4, -0.2) is 5.91 Å². The van der Waals surface area contributed by atoms with Crippen LogP contribution in [0.1, 0.15) is 5.56 Å². The first kappa shape index (κ1) is 11.2. The van der Waals surface area contributed by atoms with E-state index in [2.05, 4.69) is 24.3 Å². The standard InChI is InChI=1S/C18H13NO/c20-18-12-15-7-3-4-8-17(15)19(18)16-10-9-13-5-1-2-6-14(13)11-16/h1-11H,12H2. The van der Waals surface area contributed by atoms with Gasteiger partial charge in [0.1, 0.15) is 0 Å². The lowest BCUT2D eigenvalue weighted by Crippen LogP contribution is -2.20. The molecule has 0 bridgehead atoms. The molecule has 96 valence electrons. The van der Waals surface area contributed by atoms with Crippen LogP contribution in [0.15, 0.2) is 66.7 Å². The fraction of sp³-hybridized carbons (Fsp3) is 0.0556. The van der Waals surface area contributed by atoms with E-state index in [1.807, 2.05) is 47.4 Å². The van der Waals surface area contributed by atoms with E-state index in [4.69, 9.17) is 0 Å². The normalized spacial score (nSPS) is 13.8. The van der Waals surface area contributed by atoms with Crippen molar-refractivity contribution in [1.29, 1.82) is 0 Å². The highest BCUT2D eigenvalue weighted by Crippen LogP contribution is 2.36. The summed E-state index contributed by atoms with van der Waals surface area (Å²) in [5.74, 6) is 0.140. The van der Waals surface area contributed by atoms with E-state index in [0.717, 1.165) is 22.3 Å². The molecule has 0 radical (unpaired) electrons. The second-order valence-corrected chi connectivity index (χ2v) is 5.07. The molecular formula is C18H13NO. The number of hydrogen-bond acceptors (Lipinski definition) is 1. The predicted octanol–water partition coefficient (Wildman–Crippen LogP) is 4.06. The number of amides is 1. The third-order valence-electron chi connectivity index (χ3n) is 3.81. The Bertz CT molecular complexity index is 822. The van der Waals surface area contributed by atoms with Gasteiger partial charge in [0.25, 0.3) is 0 Å². The fourth-order valence-electron chi connectivity index (χ4n) is 2.85. The minimum absolute atomic E-state index is 0.140. The highest BCUT2D eigenvalue weighted by atomic mass is 16.2. The van der Waals surface area contributed by atoms with Crippen molar-refractivity contribution in [3.05, 3.63) is 72.3 Å². The summed E-state index contributed by atoms with van der Waals surface area (Å²) in [4.78, 5) is 14.1. The van der Waals surface area contributed by atoms with Gasteiger partial charge in [-0.1, -0.05) is 48.5 Å². The van der Waals surface area contributed by atoms with Crippen molar-refractivity contribution in [3.63, 3.8) is 0 Å². The van der Waals surface area contributed by atoms with Gasteiger partial charge in [0.15, 0.2) is 0 Å². The van der Waals surface area contributed by atoms with Gasteiger partial charge in [-0.2, -0.15) is 0 Å². The molecule has 1 heterocycles. The first-order chi connectivity index (χ1) is 9.83. The number of carbonyl (C=O) groups excluding carboxylic acids is 1. The lowest BCUT2D eigenvalue weighted by molar-refractivity contribution is -0.116. The lowest BCUT2D eigenvalue weighted by atomic mass is 10.1. The Kier molecular flexibility index (Phi) is 2.36. The molecule has 2 nitrogen and oxygen atoms in total. The Labute approximate surface area is 117 Å². The first-order valence-electron chi connectivity index (χ1n) is 6.72. The van der Waals surface area contributed by atoms with Crippen LogP contribution >= 0.6 is 0 Å². The quantitative estimate of drug-likeness (QED) is 0.645. The highest BCUT2D eigenvalue weighted by Gasteiger charge is 2.27. The molecule has 0 aromatic heterocycles. The number of nitrogens with zero attached hydrogens (tertiary/aromatic N) is 1. The fourth-order valence-corrected chi connectivity index (χ4v) is 2.85. The van der Waals surface area contributed by atoms with E-state index in [9.17, 15) is 4.79 Å². The summed E-state index contributed by atoms with van der Waals surface area (Å²) in [6.45, 7) is 0. The minimum atomic E-state index is 0.140. The van der Waals surface area contributed by atoms with Gasteiger partial charge in [-0.3, -0.25) is 9.69 Å². The third-order valence-corrected chi connectivity index (χ3v) is 3.81. The molecule has 0 spiro atoms. The van der Waals surface area contributed by atoms with Gasteiger partial charge < -0.3 is 0 Å². The Hall–Kier alpha value is -2.61. The third kappa shape index (κ3) is 1.62. The Balaban J connectivity index is 1.89. The lowest BCUT2D eigenvalue weighted by Gasteiger charge is -2.18. The molecule has 4 rings (SSSR count). The van der Waals surface area contributed by atoms with Crippen molar-refractivity contribution in [2.45, 2.75) is 6.42 Å². The van der Waals surface area contributed by atoms with Crippen LogP contribution in [0.4, 0.5) is 11.4 Å². The van der Waals surface area contributed by atoms with Gasteiger partial charge in [-0.05, 0) is 34.5 Å². The monoisotopic (exact) mass is 259 g/mol. The first-order valence-corrected chi connectivity index (χ1v) is 6.72. The van der Waals surface area contributed by atoms with Crippen LogP contribution in [-0.2, 0) is 11.2 Å². The molecule has 3 aromatic carbocycles. The second-order valence-electron chi connectivity index (χ2n) is 5.07. The minimum Gasteiger partial charge on any atom is -0.280 e. The smallest absolute Gasteiger partial charge is 0.236 e. The molecule has 0 saturated carbocycles. The van der Waals surface area contributed by atoms with Crippen molar-refractivity contribution < 1.29 is 4.79 Å². The SMILES string of the molecule is O=C1Cc2ccccc2N1c1ccc2ccccc2c1. The van der Waals surface area contributed by atoms with E-state index in [1.54, 1.807) is 0 Å². The summed E-state index contributed by atoms with van der Waals surface area (Å²) in [5.41, 5.74) is 3.05. The van der Waals surface area contributed by atoms with Gasteiger partial charge in [-0.25, -0.2) is 0 Å². The van der Waals surface area contributed by atoms with Crippen molar-refractivity contribution in [2.75, 3.05) is 4.90 Å². The Morgan fingerprint density at radius 2 is 1.55 bits per heavy atom. The summed E-state index contributed by atoms with van der Waals surface area (Å²) in [6, 6.07) is 22.4. The van der Waals surface area contributed by atoms with E-state index >= 15 is 0 Å². The summed E-state index contributed by atoms with van der Waals surface area (Å²) in [5, 5.41) is 2.35. The summed E-state index contributed by atoms with van der Waals surface area (Å²) >= 11 is 0. The van der Waals surface area contributed by atoms with Crippen LogP contribution in [0, 0.1) is 0 Å². The maximum atomic E-state index is 12.3. The van der Waals surface area contributed by atoms with Gasteiger partial charge >= 0.3 is 0 Å². The van der Waals surface area contributed by atoms with Crippen LogP contribution in [0.2, 0.25) is 0 Å². The van der Waals surface area contributed by atoms with Gasteiger partial charge in [-0.15, -0.1) is 0 Å². The van der Waals surface area contributed by atoms with E-state index < -0.39 is 0 Å². The van der Waals surface area contributed by atoms with Crippen LogP contribution in [0.25, 0.3) is 10.8 Å². The zero-order valence-corrected chi connectivity index (χ0v) is 10.9. The number of benzene rings is 3. The van der Waals surface area contributed by atoms with Gasteiger partial charge in [0.2, 0.25) is 5.91 Å². The molecule has 0 unspecified atom stereocenters. The Morgan fingerprint density at radius 1 is 0.800 bits per heavy atom. The average molecular weight is 259 g/mol. The maximum Gasteiger partial charge on any atom is 0.236 e. The second kappa shape index (κ2) is 4.20. The van der Waals surface area contributed by atoms with Gasteiger partial charge in [0, 0.05) is 5.69 Å². The van der Waals surface area contributed by atoms with Crippen molar-refractivity contribution in [1.82, 2.24) is 0 Å². The van der Waals surface area contributed by atoms with Crippen LogP contribution in [0.3, 0.4) is 0 Å². The van der Waals surface area contributed by atoms with E-state index in [-0.39, 0.29) is 5.91 Å². The number of carbonyl (C=O) groups is 1. The average Bonchev–Trinajstić information content (AvgIpc) is 2.82. The molecule has 2 heteroatoms. The van der Waals surface area contributed by atoms with E-state index in [1.165, 1.54) is 5.39 Å². The van der Waals surface area contributed by atoms with Crippen LogP contribution < -0.4 is 4.90 Å². The molecule has 0 atom stereocenters. The molecule has 1 aliphatic rings. The molecule has 0 N–H and O–H groups in total. The molecule has 1 amide bonds. The predicted molar refractivity (Wildman–Crippen MR) is 81.2 cm³/mol. The molecule has 0 aliphatic carbocycles. The molecule has 0 saturated heterocycles. The maximum absolute atomic E-state index is 12.3. The van der Waals surface area contributed by atoms with Crippen LogP contribution in [0.5, 0.6) is 0 Å². The topological polar surface area (TPSA) is 20.3 Å². The molecular weight excluding hydrogens is 246 g/mol. The zero-order chi connectivity index (χ0) is 13.5. The number of hydrogen-bond donors (Lipinski definition) is 0. The number of fused-ring (bicyclic) bond motifs is 2. The molecule has 3 aromatic rings. The summed E-state index contributed by atoms with van der Waals surface area (Å²) in [6.07, 6.45) is 0.489. The summed E-state index contributed by atoms with van der Waals surface area (Å²) in [7, 11) is 0. The highest BCUT2D eigenvalue weighted by molar-refractivity contribution is 6.08. The number of anilines is 2. The number of rotatable bonds is 1. The molecule has 20 heavy (non-hydrogen) atoms. The van der Waals surface area contributed by atoms with E-state index in [0.29, 0.717) is 6.42 Å². The largest absolute Gasteiger partial charge is 0.280 e. The zero-order valence-electron chi connectivity index (χ0n) is 10.9. The number of para-hydroxylation sites is 1. The van der Waals surface area contributed by atoms with Crippen molar-refractivity contribution in [3.8, 4) is 0 Å². The Morgan fingerprint density at radius 3 is 2.45 bits per heavy atom. The molecule has 0 fully saturated rings. The summed E-state index contributed by atoms with van der Waals surface area (Å²) < 4.78 is 0. The van der Waals surface area contributed by atoms with Crippen molar-refractivity contribution >= 4 is 28.1 Å².